The van der Waals surface area contributed by atoms with Crippen LogP contribution in [-0.4, -0.2) is 78.6 Å². The Morgan fingerprint density at radius 1 is 1.20 bits per heavy atom. The molecular formula is C29H38N2O10. The molecule has 12 heteroatoms. The maximum atomic E-state index is 13.0. The minimum absolute atomic E-state index is 0.0137. The third-order valence-electron chi connectivity index (χ3n) is 8.41. The number of amides is 1. The van der Waals surface area contributed by atoms with Gasteiger partial charge in [0.2, 0.25) is 5.91 Å². The first-order valence-electron chi connectivity index (χ1n) is 13.9. The monoisotopic (exact) mass is 574 g/mol. The number of aliphatic hydroxyl groups is 1. The molecule has 0 spiro atoms. The molecule has 3 aliphatic rings. The van der Waals surface area contributed by atoms with E-state index in [1.807, 2.05) is 26.1 Å². The number of ether oxygens (including phenoxy) is 4. The normalized spacial score (nSPS) is 26.1. The van der Waals surface area contributed by atoms with Gasteiger partial charge in [-0.05, 0) is 50.9 Å². The maximum absolute atomic E-state index is 13.0. The van der Waals surface area contributed by atoms with Crippen LogP contribution in [0.4, 0.5) is 0 Å². The Labute approximate surface area is 238 Å². The van der Waals surface area contributed by atoms with Gasteiger partial charge in [-0.2, -0.15) is 0 Å². The van der Waals surface area contributed by atoms with Crippen LogP contribution in [0.5, 0.6) is 11.5 Å². The highest BCUT2D eigenvalue weighted by atomic mass is 16.6. The second-order valence-electron chi connectivity index (χ2n) is 10.6. The van der Waals surface area contributed by atoms with Crippen LogP contribution in [0.25, 0.3) is 0 Å². The Bertz CT molecular complexity index is 1250. The SMILES string of the molecule is CC[C@]12c3c4ccc(OC)c3O[C@H]1C(OC(=O)[C@H](C)OC(=O)CCNC(=O)CCCC(=O)O)=CC[C@@]2(O)[C@H](NC)C4. The van der Waals surface area contributed by atoms with Gasteiger partial charge in [-0.1, -0.05) is 13.0 Å². The van der Waals surface area contributed by atoms with Crippen molar-refractivity contribution >= 4 is 23.8 Å². The minimum Gasteiger partial charge on any atom is -0.493 e. The number of rotatable bonds is 13. The van der Waals surface area contributed by atoms with E-state index in [9.17, 15) is 24.3 Å². The highest BCUT2D eigenvalue weighted by molar-refractivity contribution is 5.81. The molecule has 0 fully saturated rings. The zero-order valence-corrected chi connectivity index (χ0v) is 23.8. The number of nitrogens with one attached hydrogen (secondary N) is 2. The van der Waals surface area contributed by atoms with Crippen molar-refractivity contribution in [1.29, 1.82) is 0 Å². The molecule has 0 aromatic heterocycles. The Morgan fingerprint density at radius 3 is 2.61 bits per heavy atom. The molecule has 0 radical (unpaired) electrons. The van der Waals surface area contributed by atoms with Crippen LogP contribution < -0.4 is 20.1 Å². The largest absolute Gasteiger partial charge is 0.493 e. The number of benzene rings is 1. The zero-order chi connectivity index (χ0) is 29.9. The second kappa shape index (κ2) is 12.1. The molecule has 4 rings (SSSR count). The highest BCUT2D eigenvalue weighted by Gasteiger charge is 2.69. The third-order valence-corrected chi connectivity index (χ3v) is 8.41. The van der Waals surface area contributed by atoms with Crippen LogP contribution in [0.15, 0.2) is 24.0 Å². The summed E-state index contributed by atoms with van der Waals surface area (Å²) >= 11 is 0. The molecule has 5 atom stereocenters. The molecule has 12 nitrogen and oxygen atoms in total. The fraction of sp³-hybridized carbons (Fsp3) is 0.586. The first-order valence-corrected chi connectivity index (χ1v) is 13.9. The Balaban J connectivity index is 1.43. The summed E-state index contributed by atoms with van der Waals surface area (Å²) in [5.41, 5.74) is -0.245. The summed E-state index contributed by atoms with van der Waals surface area (Å²) in [6.07, 6.45) is 0.859. The van der Waals surface area contributed by atoms with Crippen molar-refractivity contribution in [1.82, 2.24) is 10.6 Å². The summed E-state index contributed by atoms with van der Waals surface area (Å²) in [4.78, 5) is 47.6. The maximum Gasteiger partial charge on any atom is 0.352 e. The van der Waals surface area contributed by atoms with Gasteiger partial charge in [0.15, 0.2) is 23.7 Å². The predicted octanol–water partition coefficient (Wildman–Crippen LogP) is 1.50. The lowest BCUT2D eigenvalue weighted by atomic mass is 9.52. The van der Waals surface area contributed by atoms with E-state index in [4.69, 9.17) is 24.1 Å². The van der Waals surface area contributed by atoms with Gasteiger partial charge in [-0.25, -0.2) is 4.79 Å². The van der Waals surface area contributed by atoms with E-state index in [1.54, 1.807) is 13.2 Å². The molecule has 0 saturated heterocycles. The molecule has 224 valence electrons. The van der Waals surface area contributed by atoms with Gasteiger partial charge in [0.1, 0.15) is 5.76 Å². The Hall–Kier alpha value is -3.64. The van der Waals surface area contributed by atoms with Crippen LogP contribution in [0.1, 0.15) is 63.5 Å². The molecule has 0 saturated carbocycles. The van der Waals surface area contributed by atoms with Crippen LogP contribution >= 0.6 is 0 Å². The number of methoxy groups -OCH3 is 1. The van der Waals surface area contributed by atoms with Gasteiger partial charge in [0.25, 0.3) is 0 Å². The molecule has 1 amide bonds. The van der Waals surface area contributed by atoms with Gasteiger partial charge < -0.3 is 39.8 Å². The van der Waals surface area contributed by atoms with Crippen molar-refractivity contribution < 1.29 is 48.3 Å². The smallest absolute Gasteiger partial charge is 0.352 e. The Morgan fingerprint density at radius 2 is 1.95 bits per heavy atom. The first-order chi connectivity index (χ1) is 19.5. The number of esters is 2. The van der Waals surface area contributed by atoms with Crippen LogP contribution in [0.3, 0.4) is 0 Å². The summed E-state index contributed by atoms with van der Waals surface area (Å²) < 4.78 is 23.0. The molecule has 2 aliphatic carbocycles. The van der Waals surface area contributed by atoms with Gasteiger partial charge in [-0.3, -0.25) is 14.4 Å². The van der Waals surface area contributed by atoms with Crippen molar-refractivity contribution in [2.24, 2.45) is 0 Å². The summed E-state index contributed by atoms with van der Waals surface area (Å²) in [6, 6.07) is 3.54. The number of carbonyl (C=O) groups is 4. The topological polar surface area (TPSA) is 170 Å². The number of carboxylic acids is 1. The molecule has 1 aromatic carbocycles. The fourth-order valence-corrected chi connectivity index (χ4v) is 6.42. The number of likely N-dealkylation sites (N-methyl/N-ethyl adjacent to an activating group) is 1. The number of hydrogen-bond donors (Lipinski definition) is 4. The minimum atomic E-state index is -1.24. The van der Waals surface area contributed by atoms with E-state index in [2.05, 4.69) is 10.6 Å². The average molecular weight is 575 g/mol. The second-order valence-corrected chi connectivity index (χ2v) is 10.6. The van der Waals surface area contributed by atoms with E-state index < -0.39 is 41.1 Å². The van der Waals surface area contributed by atoms with E-state index in [-0.39, 0.29) is 56.4 Å². The molecule has 0 unspecified atom stereocenters. The highest BCUT2D eigenvalue weighted by Crippen LogP contribution is 2.63. The molecule has 41 heavy (non-hydrogen) atoms. The van der Waals surface area contributed by atoms with Crippen molar-refractivity contribution in [3.63, 3.8) is 0 Å². The molecule has 0 bridgehead atoms. The molecule has 4 N–H and O–H groups in total. The lowest BCUT2D eigenvalue weighted by Crippen LogP contribution is -2.70. The molecular weight excluding hydrogens is 536 g/mol. The Kier molecular flexibility index (Phi) is 8.93. The number of aliphatic carboxylic acids is 1. The summed E-state index contributed by atoms with van der Waals surface area (Å²) in [5.74, 6) is -1.58. The van der Waals surface area contributed by atoms with Crippen LogP contribution in [0, 0.1) is 0 Å². The van der Waals surface area contributed by atoms with E-state index in [0.717, 1.165) is 11.1 Å². The molecule has 1 heterocycles. The summed E-state index contributed by atoms with van der Waals surface area (Å²) in [7, 11) is 3.36. The first kappa shape index (κ1) is 30.3. The lowest BCUT2D eigenvalue weighted by Gasteiger charge is -2.56. The van der Waals surface area contributed by atoms with Crippen molar-refractivity contribution in [2.45, 2.75) is 88.1 Å². The average Bonchev–Trinajstić information content (AvgIpc) is 3.30. The number of carbonyl (C=O) groups excluding carboxylic acids is 3. The summed E-state index contributed by atoms with van der Waals surface area (Å²) in [5, 5.41) is 26.6. The lowest BCUT2D eigenvalue weighted by molar-refractivity contribution is -0.167. The van der Waals surface area contributed by atoms with E-state index >= 15 is 0 Å². The zero-order valence-electron chi connectivity index (χ0n) is 23.8. The van der Waals surface area contributed by atoms with Crippen LogP contribution in [0.2, 0.25) is 0 Å². The van der Waals surface area contributed by atoms with Crippen molar-refractivity contribution in [3.05, 3.63) is 35.1 Å². The quantitative estimate of drug-likeness (QED) is 0.252. The van der Waals surface area contributed by atoms with Gasteiger partial charge >= 0.3 is 17.9 Å². The van der Waals surface area contributed by atoms with Crippen molar-refractivity contribution in [2.75, 3.05) is 20.7 Å². The summed E-state index contributed by atoms with van der Waals surface area (Å²) in [6.45, 7) is 3.35. The van der Waals surface area contributed by atoms with Crippen LogP contribution in [-0.2, 0) is 40.5 Å². The van der Waals surface area contributed by atoms with Gasteiger partial charge in [0.05, 0.1) is 24.5 Å². The fourth-order valence-electron chi connectivity index (χ4n) is 6.42. The number of hydrogen-bond acceptors (Lipinski definition) is 10. The standard InChI is InChI=1S/C29H38N2O10/c1-5-28-24-17-9-10-18(38-4)25(24)41-26(28)19(11-13-29(28,37)20(15-17)30-3)40-27(36)16(2)39-23(35)12-14-31-21(32)7-6-8-22(33)34/h9-11,16,20,26,30,37H,5-8,12-15H2,1-4H3,(H,31,32)(H,33,34)/t16-,20+,26-,28-,29+/m0/s1. The predicted molar refractivity (Wildman–Crippen MR) is 144 cm³/mol. The molecule has 1 aliphatic heterocycles. The van der Waals surface area contributed by atoms with E-state index in [0.29, 0.717) is 24.3 Å². The van der Waals surface area contributed by atoms with Crippen molar-refractivity contribution in [3.8, 4) is 11.5 Å². The van der Waals surface area contributed by atoms with Gasteiger partial charge in [0, 0.05) is 37.4 Å². The molecule has 1 aromatic rings. The van der Waals surface area contributed by atoms with E-state index in [1.165, 1.54) is 6.92 Å². The number of carboxylic acid groups (broad SMARTS) is 1. The van der Waals surface area contributed by atoms with Gasteiger partial charge in [-0.15, -0.1) is 0 Å². The third kappa shape index (κ3) is 5.38.